The Morgan fingerprint density at radius 3 is 2.16 bits per heavy atom. The maximum absolute atomic E-state index is 12.5. The van der Waals surface area contributed by atoms with Gasteiger partial charge in [0.25, 0.3) is 5.91 Å². The lowest BCUT2D eigenvalue weighted by atomic mass is 9.94. The van der Waals surface area contributed by atoms with Crippen LogP contribution < -0.4 is 10.0 Å². The van der Waals surface area contributed by atoms with Crippen LogP contribution in [0.4, 0.5) is 5.69 Å². The van der Waals surface area contributed by atoms with E-state index in [4.69, 9.17) is 0 Å². The predicted molar refractivity (Wildman–Crippen MR) is 120 cm³/mol. The van der Waals surface area contributed by atoms with Crippen LogP contribution >= 0.6 is 0 Å². The molecule has 0 aliphatic heterocycles. The van der Waals surface area contributed by atoms with Gasteiger partial charge in [0.05, 0.1) is 17.9 Å². The zero-order valence-electron chi connectivity index (χ0n) is 17.9. The van der Waals surface area contributed by atoms with E-state index in [2.05, 4.69) is 14.8 Å². The Bertz CT molecular complexity index is 1030. The van der Waals surface area contributed by atoms with Crippen molar-refractivity contribution in [2.75, 3.05) is 12.4 Å². The van der Waals surface area contributed by atoms with Gasteiger partial charge in [0.2, 0.25) is 10.0 Å². The molecular weight excluding hydrogens is 416 g/mol. The first-order valence-corrected chi connectivity index (χ1v) is 11.9. The number of methoxy groups -OCH3 is 1. The summed E-state index contributed by atoms with van der Waals surface area (Å²) < 4.78 is 32.0. The second kappa shape index (κ2) is 9.62. The highest BCUT2D eigenvalue weighted by Crippen LogP contribution is 2.35. The maximum atomic E-state index is 12.5. The molecule has 1 aliphatic carbocycles. The number of carbonyl (C=O) groups is 2. The van der Waals surface area contributed by atoms with E-state index in [0.29, 0.717) is 16.8 Å². The Balaban J connectivity index is 1.66. The minimum Gasteiger partial charge on any atom is -0.465 e. The van der Waals surface area contributed by atoms with Crippen LogP contribution in [0.25, 0.3) is 0 Å². The lowest BCUT2D eigenvalue weighted by Crippen LogP contribution is -2.40. The van der Waals surface area contributed by atoms with Gasteiger partial charge < -0.3 is 10.1 Å². The minimum atomic E-state index is -3.32. The number of hydrogen-bond donors (Lipinski definition) is 2. The fourth-order valence-electron chi connectivity index (χ4n) is 3.74. The Hall–Kier alpha value is -2.71. The van der Waals surface area contributed by atoms with Gasteiger partial charge in [0.15, 0.2) is 0 Å². The summed E-state index contributed by atoms with van der Waals surface area (Å²) >= 11 is 0. The van der Waals surface area contributed by atoms with Crippen molar-refractivity contribution in [1.82, 2.24) is 4.72 Å². The number of hydrogen-bond acceptors (Lipinski definition) is 5. The molecule has 0 spiro atoms. The molecule has 1 aliphatic rings. The lowest BCUT2D eigenvalue weighted by Gasteiger charge is -2.23. The van der Waals surface area contributed by atoms with Crippen molar-refractivity contribution < 1.29 is 22.7 Å². The van der Waals surface area contributed by atoms with Crippen LogP contribution in [0.1, 0.15) is 65.3 Å². The molecule has 7 nitrogen and oxygen atoms in total. The molecule has 0 radical (unpaired) electrons. The van der Waals surface area contributed by atoms with E-state index in [1.54, 1.807) is 38.1 Å². The number of benzene rings is 2. The first-order valence-electron chi connectivity index (χ1n) is 10.3. The molecule has 2 atom stereocenters. The molecular formula is C23H28N2O5S. The van der Waals surface area contributed by atoms with E-state index < -0.39 is 21.2 Å². The first-order chi connectivity index (χ1) is 14.7. The van der Waals surface area contributed by atoms with Crippen LogP contribution in [0.15, 0.2) is 48.5 Å². The van der Waals surface area contributed by atoms with Crippen LogP contribution in [-0.4, -0.2) is 38.7 Å². The number of sulfonamides is 1. The summed E-state index contributed by atoms with van der Waals surface area (Å²) in [5.41, 5.74) is 2.50. The molecule has 0 saturated heterocycles. The van der Waals surface area contributed by atoms with Crippen molar-refractivity contribution in [1.29, 1.82) is 0 Å². The van der Waals surface area contributed by atoms with Gasteiger partial charge in [-0.15, -0.1) is 0 Å². The van der Waals surface area contributed by atoms with E-state index in [-0.39, 0.29) is 17.9 Å². The molecule has 0 aromatic heterocycles. The van der Waals surface area contributed by atoms with E-state index in [1.807, 2.05) is 24.3 Å². The second-order valence-electron chi connectivity index (χ2n) is 8.00. The summed E-state index contributed by atoms with van der Waals surface area (Å²) in [4.78, 5) is 24.0. The van der Waals surface area contributed by atoms with Crippen molar-refractivity contribution in [2.45, 2.75) is 50.3 Å². The van der Waals surface area contributed by atoms with Crippen LogP contribution in [0.3, 0.4) is 0 Å². The van der Waals surface area contributed by atoms with Gasteiger partial charge in [-0.3, -0.25) is 4.79 Å². The molecule has 2 N–H and O–H groups in total. The van der Waals surface area contributed by atoms with E-state index in [1.165, 1.54) is 7.11 Å². The van der Waals surface area contributed by atoms with Crippen LogP contribution in [0.5, 0.6) is 0 Å². The van der Waals surface area contributed by atoms with Gasteiger partial charge in [0.1, 0.15) is 0 Å². The summed E-state index contributed by atoms with van der Waals surface area (Å²) in [6.45, 7) is 3.35. The molecule has 1 amide bonds. The van der Waals surface area contributed by atoms with Crippen LogP contribution in [0.2, 0.25) is 0 Å². The Labute approximate surface area is 183 Å². The van der Waals surface area contributed by atoms with Crippen molar-refractivity contribution in [3.05, 3.63) is 65.2 Å². The standard InChI is InChI=1S/C23H28N2O5S/c1-15(2)31(28,29)25-21-6-4-5-20(21)16-11-13-19(14-12-16)24-22(26)17-7-9-18(10-8-17)23(27)30-3/h7-15,20-21,25H,4-6H2,1-3H3,(H,24,26)/t20-,21-/m1/s1. The SMILES string of the molecule is COC(=O)c1ccc(C(=O)Nc2ccc([C@H]3CCC[C@H]3NS(=O)(=O)C(C)C)cc2)cc1. The van der Waals surface area contributed by atoms with E-state index >= 15 is 0 Å². The summed E-state index contributed by atoms with van der Waals surface area (Å²) in [5.74, 6) is -0.625. The van der Waals surface area contributed by atoms with Gasteiger partial charge in [-0.2, -0.15) is 0 Å². The lowest BCUT2D eigenvalue weighted by molar-refractivity contribution is 0.0600. The molecule has 166 valence electrons. The quantitative estimate of drug-likeness (QED) is 0.634. The molecule has 1 fully saturated rings. The van der Waals surface area contributed by atoms with Crippen LogP contribution in [-0.2, 0) is 14.8 Å². The van der Waals surface area contributed by atoms with Crippen LogP contribution in [0, 0.1) is 0 Å². The average molecular weight is 445 g/mol. The Morgan fingerprint density at radius 2 is 1.58 bits per heavy atom. The molecule has 0 unspecified atom stereocenters. The smallest absolute Gasteiger partial charge is 0.337 e. The molecule has 8 heteroatoms. The average Bonchev–Trinajstić information content (AvgIpc) is 3.21. The number of esters is 1. The first kappa shape index (κ1) is 23.0. The Kier molecular flexibility index (Phi) is 7.12. The number of nitrogens with one attached hydrogen (secondary N) is 2. The number of carbonyl (C=O) groups excluding carboxylic acids is 2. The monoisotopic (exact) mass is 444 g/mol. The van der Waals surface area contributed by atoms with Crippen molar-refractivity contribution in [2.24, 2.45) is 0 Å². The van der Waals surface area contributed by atoms with Gasteiger partial charge in [-0.1, -0.05) is 18.6 Å². The summed E-state index contributed by atoms with van der Waals surface area (Å²) in [6, 6.07) is 13.6. The fourth-order valence-corrected chi connectivity index (χ4v) is 4.72. The van der Waals surface area contributed by atoms with Gasteiger partial charge in [-0.25, -0.2) is 17.9 Å². The predicted octanol–water partition coefficient (Wildman–Crippen LogP) is 3.69. The molecule has 0 bridgehead atoms. The normalized spacial score (nSPS) is 18.7. The van der Waals surface area contributed by atoms with Gasteiger partial charge in [-0.05, 0) is 68.7 Å². The highest BCUT2D eigenvalue weighted by molar-refractivity contribution is 7.90. The number of ether oxygens (including phenoxy) is 1. The molecule has 31 heavy (non-hydrogen) atoms. The highest BCUT2D eigenvalue weighted by atomic mass is 32.2. The Morgan fingerprint density at radius 1 is 0.968 bits per heavy atom. The summed E-state index contributed by atoms with van der Waals surface area (Å²) in [7, 11) is -2.02. The number of anilines is 1. The van der Waals surface area contributed by atoms with Crippen molar-refractivity contribution in [3.63, 3.8) is 0 Å². The van der Waals surface area contributed by atoms with Gasteiger partial charge in [0, 0.05) is 23.2 Å². The fraction of sp³-hybridized carbons (Fsp3) is 0.391. The molecule has 3 rings (SSSR count). The van der Waals surface area contributed by atoms with Crippen molar-refractivity contribution >= 4 is 27.6 Å². The maximum Gasteiger partial charge on any atom is 0.337 e. The number of rotatable bonds is 7. The van der Waals surface area contributed by atoms with E-state index in [0.717, 1.165) is 24.8 Å². The largest absolute Gasteiger partial charge is 0.465 e. The van der Waals surface area contributed by atoms with Gasteiger partial charge >= 0.3 is 5.97 Å². The third-order valence-electron chi connectivity index (χ3n) is 5.62. The van der Waals surface area contributed by atoms with Crippen molar-refractivity contribution in [3.8, 4) is 0 Å². The molecule has 2 aromatic carbocycles. The summed E-state index contributed by atoms with van der Waals surface area (Å²) in [5, 5.41) is 2.37. The summed E-state index contributed by atoms with van der Waals surface area (Å²) in [6.07, 6.45) is 2.70. The zero-order valence-corrected chi connectivity index (χ0v) is 18.7. The highest BCUT2D eigenvalue weighted by Gasteiger charge is 2.32. The third-order valence-corrected chi connectivity index (χ3v) is 7.49. The minimum absolute atomic E-state index is 0.110. The molecule has 2 aromatic rings. The molecule has 1 saturated carbocycles. The topological polar surface area (TPSA) is 102 Å². The number of amides is 1. The second-order valence-corrected chi connectivity index (χ2v) is 10.3. The van der Waals surface area contributed by atoms with E-state index in [9.17, 15) is 18.0 Å². The third kappa shape index (κ3) is 5.51. The zero-order chi connectivity index (χ0) is 22.6. The molecule has 0 heterocycles.